The molecule has 1 amide bonds. The van der Waals surface area contributed by atoms with Crippen LogP contribution < -0.4 is 5.32 Å². The zero-order valence-electron chi connectivity index (χ0n) is 11.2. The minimum atomic E-state index is -2.54. The Labute approximate surface area is 133 Å². The van der Waals surface area contributed by atoms with Gasteiger partial charge in [0, 0.05) is 17.3 Å². The van der Waals surface area contributed by atoms with Gasteiger partial charge < -0.3 is 9.72 Å². The molecule has 114 valence electrons. The molecule has 0 bridgehead atoms. The molecule has 0 fully saturated rings. The number of nitrogens with one attached hydrogen (secondary N) is 1. The summed E-state index contributed by atoms with van der Waals surface area (Å²) in [4.78, 5) is 17.1. The Hall–Kier alpha value is -1.93. The van der Waals surface area contributed by atoms with Crippen molar-refractivity contribution in [1.82, 2.24) is 14.7 Å². The number of thiophene rings is 1. The van der Waals surface area contributed by atoms with Gasteiger partial charge in [0.05, 0.1) is 12.2 Å². The quantitative estimate of drug-likeness (QED) is 0.722. The Morgan fingerprint density at radius 1 is 1.41 bits per heavy atom. The molecule has 1 N–H and O–H groups in total. The first kappa shape index (κ1) is 15.0. The Morgan fingerprint density at radius 3 is 3.05 bits per heavy atom. The summed E-state index contributed by atoms with van der Waals surface area (Å²) < 4.78 is 26.7. The average Bonchev–Trinajstić information content (AvgIpc) is 3.10. The van der Waals surface area contributed by atoms with Gasteiger partial charge in [-0.15, -0.1) is 11.3 Å². The molecule has 22 heavy (non-hydrogen) atoms. The Balaban J connectivity index is 1.68. The normalized spacial score (nSPS) is 11.2. The van der Waals surface area contributed by atoms with Gasteiger partial charge in [-0.25, -0.2) is 4.98 Å². The molecule has 3 heterocycles. The third kappa shape index (κ3) is 3.28. The van der Waals surface area contributed by atoms with Crippen LogP contribution in [0.2, 0.25) is 0 Å². The van der Waals surface area contributed by atoms with Crippen molar-refractivity contribution in [2.45, 2.75) is 17.2 Å². The first-order valence-corrected chi connectivity index (χ1v) is 8.12. The number of carbonyl (C=O) groups excluding carboxylic acids is 1. The van der Waals surface area contributed by atoms with Crippen LogP contribution in [0.3, 0.4) is 0 Å². The minimum absolute atomic E-state index is 0.247. The second-order valence-corrected chi connectivity index (χ2v) is 6.32. The molecule has 0 aliphatic carbocycles. The highest BCUT2D eigenvalue weighted by Gasteiger charge is 2.17. The fourth-order valence-corrected chi connectivity index (χ4v) is 3.59. The highest BCUT2D eigenvalue weighted by molar-refractivity contribution is 7.99. The molecule has 0 aromatic carbocycles. The molecule has 0 radical (unpaired) electrons. The predicted molar refractivity (Wildman–Crippen MR) is 82.5 cm³/mol. The van der Waals surface area contributed by atoms with Crippen LogP contribution in [0.25, 0.3) is 5.65 Å². The molecule has 3 aromatic rings. The molecule has 0 saturated carbocycles. The van der Waals surface area contributed by atoms with Crippen LogP contribution >= 0.6 is 23.1 Å². The van der Waals surface area contributed by atoms with Crippen LogP contribution in [0.15, 0.2) is 46.9 Å². The number of hydrogen-bond acceptors (Lipinski definition) is 4. The maximum Gasteiger partial charge on any atom is 0.288 e. The second-order valence-electron chi connectivity index (χ2n) is 4.37. The topological polar surface area (TPSA) is 46.4 Å². The summed E-state index contributed by atoms with van der Waals surface area (Å²) in [6, 6.07) is 7.16. The number of halogens is 2. The third-order valence-electron chi connectivity index (χ3n) is 2.90. The SMILES string of the molecule is O=C(NCc1cn2ccccc2n1)c1sccc1SC(F)F. The van der Waals surface area contributed by atoms with Crippen molar-refractivity contribution in [3.8, 4) is 0 Å². The van der Waals surface area contributed by atoms with Crippen LogP contribution in [-0.4, -0.2) is 21.0 Å². The molecule has 4 nitrogen and oxygen atoms in total. The van der Waals surface area contributed by atoms with E-state index in [1.165, 1.54) is 6.07 Å². The lowest BCUT2D eigenvalue weighted by Gasteiger charge is -2.04. The minimum Gasteiger partial charge on any atom is -0.346 e. The summed E-state index contributed by atoms with van der Waals surface area (Å²) in [7, 11) is 0. The third-order valence-corrected chi connectivity index (χ3v) is 4.71. The number of thioether (sulfide) groups is 1. The largest absolute Gasteiger partial charge is 0.346 e. The summed E-state index contributed by atoms with van der Waals surface area (Å²) in [5, 5.41) is 4.34. The van der Waals surface area contributed by atoms with Crippen molar-refractivity contribution < 1.29 is 13.6 Å². The van der Waals surface area contributed by atoms with E-state index in [9.17, 15) is 13.6 Å². The van der Waals surface area contributed by atoms with Crippen molar-refractivity contribution in [3.63, 3.8) is 0 Å². The maximum absolute atomic E-state index is 12.4. The fourth-order valence-electron chi connectivity index (χ4n) is 1.98. The highest BCUT2D eigenvalue weighted by atomic mass is 32.2. The second kappa shape index (κ2) is 6.45. The summed E-state index contributed by atoms with van der Waals surface area (Å²) >= 11 is 1.53. The number of carbonyl (C=O) groups is 1. The van der Waals surface area contributed by atoms with Gasteiger partial charge in [-0.05, 0) is 23.6 Å². The van der Waals surface area contributed by atoms with Gasteiger partial charge in [0.1, 0.15) is 10.5 Å². The Bertz CT molecular complexity index is 767. The lowest BCUT2D eigenvalue weighted by Crippen LogP contribution is -2.22. The summed E-state index contributed by atoms with van der Waals surface area (Å²) in [6.07, 6.45) is 3.68. The van der Waals surface area contributed by atoms with Gasteiger partial charge in [0.2, 0.25) is 0 Å². The van der Waals surface area contributed by atoms with E-state index in [-0.39, 0.29) is 12.5 Å². The summed E-state index contributed by atoms with van der Waals surface area (Å²) in [5.41, 5.74) is 1.50. The monoisotopic (exact) mass is 339 g/mol. The van der Waals surface area contributed by atoms with E-state index in [2.05, 4.69) is 10.3 Å². The first-order valence-electron chi connectivity index (χ1n) is 6.36. The van der Waals surface area contributed by atoms with Gasteiger partial charge >= 0.3 is 0 Å². The number of rotatable bonds is 5. The van der Waals surface area contributed by atoms with E-state index in [4.69, 9.17) is 0 Å². The number of pyridine rings is 1. The van der Waals surface area contributed by atoms with Gasteiger partial charge in [-0.2, -0.15) is 8.78 Å². The Kier molecular flexibility index (Phi) is 4.39. The number of fused-ring (bicyclic) bond motifs is 1. The van der Waals surface area contributed by atoms with E-state index in [1.54, 1.807) is 5.38 Å². The summed E-state index contributed by atoms with van der Waals surface area (Å²) in [6.45, 7) is 0.247. The van der Waals surface area contributed by atoms with Crippen molar-refractivity contribution in [2.75, 3.05) is 0 Å². The van der Waals surface area contributed by atoms with Crippen LogP contribution in [0.4, 0.5) is 8.78 Å². The molecule has 0 spiro atoms. The molecule has 0 aliphatic heterocycles. The van der Waals surface area contributed by atoms with Crippen molar-refractivity contribution in [3.05, 3.63) is 52.6 Å². The predicted octanol–water partition coefficient (Wildman–Crippen LogP) is 3.64. The van der Waals surface area contributed by atoms with Crippen LogP contribution in [0.1, 0.15) is 15.4 Å². The van der Waals surface area contributed by atoms with Gasteiger partial charge in [-0.3, -0.25) is 4.79 Å². The molecule has 0 atom stereocenters. The van der Waals surface area contributed by atoms with Crippen molar-refractivity contribution >= 4 is 34.7 Å². The molecular formula is C14H11F2N3OS2. The average molecular weight is 339 g/mol. The zero-order chi connectivity index (χ0) is 15.5. The van der Waals surface area contributed by atoms with E-state index in [0.29, 0.717) is 27.2 Å². The van der Waals surface area contributed by atoms with E-state index in [0.717, 1.165) is 17.0 Å². The van der Waals surface area contributed by atoms with Gasteiger partial charge in [0.25, 0.3) is 11.7 Å². The molecule has 0 unspecified atom stereocenters. The number of amides is 1. The molecule has 0 saturated heterocycles. The van der Waals surface area contributed by atoms with E-state index < -0.39 is 5.76 Å². The lowest BCUT2D eigenvalue weighted by molar-refractivity contribution is 0.0952. The summed E-state index contributed by atoms with van der Waals surface area (Å²) in [5.74, 6) is -2.91. The number of hydrogen-bond donors (Lipinski definition) is 1. The van der Waals surface area contributed by atoms with Crippen molar-refractivity contribution in [1.29, 1.82) is 0 Å². The number of alkyl halides is 2. The molecule has 3 aromatic heterocycles. The zero-order valence-corrected chi connectivity index (χ0v) is 12.8. The van der Waals surface area contributed by atoms with Crippen molar-refractivity contribution in [2.24, 2.45) is 0 Å². The van der Waals surface area contributed by atoms with Crippen LogP contribution in [0, 0.1) is 0 Å². The standard InChI is InChI=1S/C14H11F2N3OS2/c15-14(16)22-10-4-6-21-12(10)13(20)17-7-9-8-19-5-2-1-3-11(19)18-9/h1-6,8,14H,7H2,(H,17,20). The van der Waals surface area contributed by atoms with E-state index >= 15 is 0 Å². The van der Waals surface area contributed by atoms with Gasteiger partial charge in [0.15, 0.2) is 0 Å². The highest BCUT2D eigenvalue weighted by Crippen LogP contribution is 2.31. The molecule has 8 heteroatoms. The fraction of sp³-hybridized carbons (Fsp3) is 0.143. The number of imidazole rings is 1. The molecular weight excluding hydrogens is 328 g/mol. The Morgan fingerprint density at radius 2 is 2.27 bits per heavy atom. The molecule has 3 rings (SSSR count). The molecule has 0 aliphatic rings. The van der Waals surface area contributed by atoms with Crippen LogP contribution in [-0.2, 0) is 6.54 Å². The van der Waals surface area contributed by atoms with Gasteiger partial charge in [-0.1, -0.05) is 17.8 Å². The van der Waals surface area contributed by atoms with Crippen LogP contribution in [0.5, 0.6) is 0 Å². The van der Waals surface area contributed by atoms with E-state index in [1.807, 2.05) is 35.0 Å². The number of aromatic nitrogens is 2. The lowest BCUT2D eigenvalue weighted by atomic mass is 10.4. The number of nitrogens with zero attached hydrogens (tertiary/aromatic N) is 2. The first-order chi connectivity index (χ1) is 10.6. The smallest absolute Gasteiger partial charge is 0.288 e. The maximum atomic E-state index is 12.4.